The minimum atomic E-state index is -0.121. The number of hydrogen-bond acceptors (Lipinski definition) is 6. The quantitative estimate of drug-likeness (QED) is 0.553. The number of aromatic nitrogens is 2. The number of piperazine rings is 1. The van der Waals surface area contributed by atoms with Crippen molar-refractivity contribution in [1.82, 2.24) is 19.6 Å². The van der Waals surface area contributed by atoms with Gasteiger partial charge in [-0.1, -0.05) is 17.7 Å². The monoisotopic (exact) mass is 567 g/mol. The zero-order valence-corrected chi connectivity index (χ0v) is 23.9. The molecule has 2 saturated carbocycles. The fourth-order valence-electron chi connectivity index (χ4n) is 7.37. The van der Waals surface area contributed by atoms with E-state index in [-0.39, 0.29) is 36.6 Å². The first-order valence-electron chi connectivity index (χ1n) is 14.8. The Labute approximate surface area is 240 Å². The average molecular weight is 568 g/mol. The highest BCUT2D eigenvalue weighted by molar-refractivity contribution is 6.31. The fourth-order valence-corrected chi connectivity index (χ4v) is 7.54. The molecule has 7 rings (SSSR count). The summed E-state index contributed by atoms with van der Waals surface area (Å²) < 4.78 is 7.53. The second kappa shape index (κ2) is 10.0. The van der Waals surface area contributed by atoms with Crippen LogP contribution >= 0.6 is 11.6 Å². The fraction of sp³-hybridized carbons (Fsp3) is 0.633. The van der Waals surface area contributed by atoms with Crippen LogP contribution in [0.25, 0.3) is 0 Å². The van der Waals surface area contributed by atoms with E-state index >= 15 is 0 Å². The maximum Gasteiger partial charge on any atom is 0.274 e. The molecule has 10 heteroatoms. The van der Waals surface area contributed by atoms with Crippen LogP contribution in [-0.2, 0) is 22.5 Å². The lowest BCUT2D eigenvalue weighted by Gasteiger charge is -2.43. The number of likely N-dealkylation sites (tertiary alicyclic amines) is 1. The third-order valence-corrected chi connectivity index (χ3v) is 10.3. The Balaban J connectivity index is 1.06. The number of amides is 2. The number of nitrogens with zero attached hydrogens (tertiary/aromatic N) is 5. The van der Waals surface area contributed by atoms with E-state index < -0.39 is 0 Å². The van der Waals surface area contributed by atoms with Gasteiger partial charge in [-0.3, -0.25) is 14.3 Å². The Kier molecular flexibility index (Phi) is 6.59. The number of carbonyl (C=O) groups excluding carboxylic acids is 2. The Hall–Kier alpha value is -2.62. The Morgan fingerprint density at radius 1 is 1.18 bits per heavy atom. The molecule has 2 aliphatic heterocycles. The number of carbonyl (C=O) groups is 2. The normalized spacial score (nSPS) is 24.8. The summed E-state index contributed by atoms with van der Waals surface area (Å²) in [4.78, 5) is 33.8. The first-order chi connectivity index (χ1) is 19.4. The summed E-state index contributed by atoms with van der Waals surface area (Å²) in [5.41, 5.74) is 4.88. The molecule has 2 unspecified atom stereocenters. The predicted molar refractivity (Wildman–Crippen MR) is 151 cm³/mol. The van der Waals surface area contributed by atoms with Crippen LogP contribution in [0.3, 0.4) is 0 Å². The largest absolute Gasteiger partial charge is 0.394 e. The number of aliphatic hydroxyl groups is 1. The number of halogens is 1. The number of hydrogen-bond donors (Lipinski definition) is 1. The molecule has 0 radical (unpaired) electrons. The third kappa shape index (κ3) is 4.50. The zero-order chi connectivity index (χ0) is 27.6. The smallest absolute Gasteiger partial charge is 0.274 e. The number of aliphatic hydroxyl groups excluding tert-OH is 1. The van der Waals surface area contributed by atoms with Crippen molar-refractivity contribution in [1.29, 1.82) is 0 Å². The number of benzene rings is 1. The first kappa shape index (κ1) is 26.3. The molecule has 0 bridgehead atoms. The van der Waals surface area contributed by atoms with Gasteiger partial charge >= 0.3 is 0 Å². The standard InChI is InChI=1S/C30H38ClN5O4/c1-19-23(31)3-2-4-24(19)34-11-12-35(30(18-34)7-8-30)26(38)17-36-25-16-20-15-22(20)27(25)28(32-36)29(39)33-9-5-21(6-10-33)40-14-13-37/h2-4,20-22,37H,5-18H2,1H3. The summed E-state index contributed by atoms with van der Waals surface area (Å²) in [6.07, 6.45) is 5.68. The molecule has 2 atom stereocenters. The van der Waals surface area contributed by atoms with Crippen LogP contribution in [0.5, 0.6) is 0 Å². The summed E-state index contributed by atoms with van der Waals surface area (Å²) in [7, 11) is 0. The summed E-state index contributed by atoms with van der Waals surface area (Å²) in [5.74, 6) is 1.10. The van der Waals surface area contributed by atoms with Gasteiger partial charge in [0, 0.05) is 54.7 Å². The van der Waals surface area contributed by atoms with Gasteiger partial charge < -0.3 is 24.5 Å². The van der Waals surface area contributed by atoms with E-state index in [4.69, 9.17) is 26.5 Å². The van der Waals surface area contributed by atoms with Crippen molar-refractivity contribution in [2.75, 3.05) is 50.8 Å². The van der Waals surface area contributed by atoms with E-state index in [1.165, 1.54) is 0 Å². The topological polar surface area (TPSA) is 91.1 Å². The maximum atomic E-state index is 13.8. The van der Waals surface area contributed by atoms with Gasteiger partial charge in [-0.05, 0) is 75.0 Å². The molecule has 5 aliphatic rings. The highest BCUT2D eigenvalue weighted by atomic mass is 35.5. The lowest BCUT2D eigenvalue weighted by atomic mass is 10.1. The minimum Gasteiger partial charge on any atom is -0.394 e. The highest BCUT2D eigenvalue weighted by Crippen LogP contribution is 2.57. The van der Waals surface area contributed by atoms with Crippen LogP contribution in [0, 0.1) is 12.8 Å². The molecule has 1 spiro atoms. The summed E-state index contributed by atoms with van der Waals surface area (Å²) in [6.45, 7) is 6.14. The first-order valence-corrected chi connectivity index (χ1v) is 15.2. The highest BCUT2D eigenvalue weighted by Gasteiger charge is 2.54. The van der Waals surface area contributed by atoms with Crippen molar-refractivity contribution < 1.29 is 19.4 Å². The Bertz CT molecular complexity index is 1330. The van der Waals surface area contributed by atoms with Gasteiger partial charge in [-0.15, -0.1) is 0 Å². The number of rotatable bonds is 7. The summed E-state index contributed by atoms with van der Waals surface area (Å²) in [6, 6.07) is 6.04. The molecule has 4 fully saturated rings. The molecule has 1 N–H and O–H groups in total. The van der Waals surface area contributed by atoms with Crippen LogP contribution in [0.4, 0.5) is 5.69 Å². The van der Waals surface area contributed by atoms with Crippen molar-refractivity contribution in [2.45, 2.75) is 69.6 Å². The van der Waals surface area contributed by atoms with Gasteiger partial charge in [0.2, 0.25) is 5.91 Å². The van der Waals surface area contributed by atoms with Crippen molar-refractivity contribution in [3.8, 4) is 0 Å². The average Bonchev–Trinajstić information content (AvgIpc) is 3.84. The Morgan fingerprint density at radius 2 is 1.98 bits per heavy atom. The molecular formula is C30H38ClN5O4. The number of ether oxygens (including phenoxy) is 1. The van der Waals surface area contributed by atoms with E-state index in [9.17, 15) is 9.59 Å². The zero-order valence-electron chi connectivity index (χ0n) is 23.1. The minimum absolute atomic E-state index is 0.0141. The van der Waals surface area contributed by atoms with Crippen LogP contribution in [-0.4, -0.2) is 94.1 Å². The van der Waals surface area contributed by atoms with Gasteiger partial charge in [-0.25, -0.2) is 0 Å². The van der Waals surface area contributed by atoms with Crippen LogP contribution < -0.4 is 4.90 Å². The van der Waals surface area contributed by atoms with E-state index in [1.54, 1.807) is 0 Å². The summed E-state index contributed by atoms with van der Waals surface area (Å²) in [5, 5.41) is 14.6. The maximum absolute atomic E-state index is 13.8. The molecule has 214 valence electrons. The Morgan fingerprint density at radius 3 is 2.73 bits per heavy atom. The lowest BCUT2D eigenvalue weighted by molar-refractivity contribution is -0.135. The van der Waals surface area contributed by atoms with Gasteiger partial charge in [0.25, 0.3) is 5.91 Å². The van der Waals surface area contributed by atoms with Gasteiger partial charge in [0.15, 0.2) is 5.69 Å². The van der Waals surface area contributed by atoms with Gasteiger partial charge in [0.05, 0.1) is 24.9 Å². The molecule has 3 heterocycles. The van der Waals surface area contributed by atoms with Crippen LogP contribution in [0.1, 0.15) is 65.3 Å². The van der Waals surface area contributed by atoms with Crippen molar-refractivity contribution in [2.24, 2.45) is 5.92 Å². The molecule has 3 aliphatic carbocycles. The van der Waals surface area contributed by atoms with Crippen LogP contribution in [0.2, 0.25) is 5.02 Å². The predicted octanol–water partition coefficient (Wildman–Crippen LogP) is 3.00. The van der Waals surface area contributed by atoms with E-state index in [2.05, 4.69) is 22.8 Å². The van der Waals surface area contributed by atoms with Gasteiger partial charge in [-0.2, -0.15) is 5.10 Å². The lowest BCUT2D eigenvalue weighted by Crippen LogP contribution is -2.58. The SMILES string of the molecule is Cc1c(Cl)cccc1N1CCN(C(=O)Cn2nc(C(=O)N3CCC(OCCO)CC3)c3c2CC2CC32)C2(CC2)C1. The second-order valence-corrected chi connectivity index (χ2v) is 12.7. The second-order valence-electron chi connectivity index (χ2n) is 12.3. The molecule has 2 aromatic rings. The number of piperidine rings is 1. The van der Waals surface area contributed by atoms with Crippen molar-refractivity contribution in [3.63, 3.8) is 0 Å². The molecular weight excluding hydrogens is 530 g/mol. The molecule has 40 heavy (non-hydrogen) atoms. The third-order valence-electron chi connectivity index (χ3n) is 9.87. The molecule has 9 nitrogen and oxygen atoms in total. The van der Waals surface area contributed by atoms with Crippen molar-refractivity contribution >= 4 is 29.1 Å². The number of anilines is 1. The molecule has 2 saturated heterocycles. The summed E-state index contributed by atoms with van der Waals surface area (Å²) >= 11 is 6.41. The van der Waals surface area contributed by atoms with Crippen molar-refractivity contribution in [3.05, 3.63) is 45.7 Å². The molecule has 2 amide bonds. The van der Waals surface area contributed by atoms with Crippen LogP contribution in [0.15, 0.2) is 18.2 Å². The van der Waals surface area contributed by atoms with E-state index in [0.29, 0.717) is 43.8 Å². The van der Waals surface area contributed by atoms with Gasteiger partial charge in [0.1, 0.15) is 6.54 Å². The van der Waals surface area contributed by atoms with E-state index in [1.807, 2.05) is 21.7 Å². The van der Waals surface area contributed by atoms with E-state index in [0.717, 1.165) is 79.1 Å². The molecule has 1 aromatic heterocycles. The number of fused-ring (bicyclic) bond motifs is 3. The molecule has 1 aromatic carbocycles.